The first-order valence-corrected chi connectivity index (χ1v) is 7.03. The quantitative estimate of drug-likeness (QED) is 0.875. The predicted molar refractivity (Wildman–Crippen MR) is 75.2 cm³/mol. The fourth-order valence-electron chi connectivity index (χ4n) is 2.52. The molecule has 0 saturated carbocycles. The molecule has 21 heavy (non-hydrogen) atoms. The zero-order chi connectivity index (χ0) is 15.2. The molecule has 2 N–H and O–H groups in total. The van der Waals surface area contributed by atoms with Crippen molar-refractivity contribution >= 4 is 12.0 Å². The first-order valence-electron chi connectivity index (χ1n) is 7.03. The molecule has 5 nitrogen and oxygen atoms in total. The van der Waals surface area contributed by atoms with Gasteiger partial charge in [-0.15, -0.1) is 0 Å². The fraction of sp³-hybridized carbons (Fsp3) is 0.467. The van der Waals surface area contributed by atoms with Gasteiger partial charge in [-0.25, -0.2) is 9.18 Å². The largest absolute Gasteiger partial charge is 0.481 e. The molecule has 2 rings (SSSR count). The molecule has 0 bridgehead atoms. The van der Waals surface area contributed by atoms with Crippen LogP contribution in [0.1, 0.15) is 24.8 Å². The number of benzene rings is 1. The summed E-state index contributed by atoms with van der Waals surface area (Å²) in [7, 11) is 0. The van der Waals surface area contributed by atoms with E-state index in [0.717, 1.165) is 6.42 Å². The summed E-state index contributed by atoms with van der Waals surface area (Å²) in [4.78, 5) is 24.2. The second-order valence-electron chi connectivity index (χ2n) is 5.32. The molecule has 6 heteroatoms. The van der Waals surface area contributed by atoms with Crippen molar-refractivity contribution in [2.24, 2.45) is 5.92 Å². The van der Waals surface area contributed by atoms with Crippen LogP contribution >= 0.6 is 0 Å². The van der Waals surface area contributed by atoms with Crippen molar-refractivity contribution in [3.05, 3.63) is 35.6 Å². The van der Waals surface area contributed by atoms with Crippen LogP contribution in [-0.4, -0.2) is 35.1 Å². The minimum Gasteiger partial charge on any atom is -0.481 e. The molecule has 0 spiro atoms. The van der Waals surface area contributed by atoms with Crippen molar-refractivity contribution in [1.29, 1.82) is 0 Å². The van der Waals surface area contributed by atoms with E-state index in [4.69, 9.17) is 5.11 Å². The molecule has 114 valence electrons. The second-order valence-corrected chi connectivity index (χ2v) is 5.32. The Morgan fingerprint density at radius 2 is 2.24 bits per heavy atom. The molecule has 1 saturated heterocycles. The number of hydrogen-bond donors (Lipinski definition) is 2. The number of aliphatic carboxylic acids is 1. The predicted octanol–water partition coefficient (Wildman–Crippen LogP) is 2.22. The average Bonchev–Trinajstić information content (AvgIpc) is 2.91. The molecular weight excluding hydrogens is 275 g/mol. The summed E-state index contributed by atoms with van der Waals surface area (Å²) >= 11 is 0. The number of carboxylic acid groups (broad SMARTS) is 1. The molecular formula is C15H19FN2O3. The maximum absolute atomic E-state index is 13.0. The molecule has 1 fully saturated rings. The van der Waals surface area contributed by atoms with Gasteiger partial charge >= 0.3 is 12.0 Å². The molecule has 0 radical (unpaired) electrons. The number of carbonyl (C=O) groups excluding carboxylic acids is 1. The van der Waals surface area contributed by atoms with Gasteiger partial charge in [0.1, 0.15) is 5.82 Å². The van der Waals surface area contributed by atoms with Gasteiger partial charge in [0.2, 0.25) is 0 Å². The van der Waals surface area contributed by atoms with Gasteiger partial charge in [0.05, 0.1) is 0 Å². The maximum Gasteiger partial charge on any atom is 0.317 e. The zero-order valence-corrected chi connectivity index (χ0v) is 11.7. The van der Waals surface area contributed by atoms with E-state index in [9.17, 15) is 14.0 Å². The molecule has 1 aliphatic heterocycles. The average molecular weight is 294 g/mol. The van der Waals surface area contributed by atoms with Crippen LogP contribution in [0, 0.1) is 11.7 Å². The molecule has 1 aromatic carbocycles. The Morgan fingerprint density at radius 3 is 2.95 bits per heavy atom. The highest BCUT2D eigenvalue weighted by atomic mass is 19.1. The number of amides is 2. The summed E-state index contributed by atoms with van der Waals surface area (Å²) in [5, 5.41) is 11.4. The van der Waals surface area contributed by atoms with Crippen molar-refractivity contribution in [3.8, 4) is 0 Å². The van der Waals surface area contributed by atoms with E-state index in [1.807, 2.05) is 0 Å². The molecule has 1 aliphatic rings. The number of nitrogens with zero attached hydrogens (tertiary/aromatic N) is 1. The topological polar surface area (TPSA) is 69.6 Å². The summed E-state index contributed by atoms with van der Waals surface area (Å²) in [6, 6.07) is 5.92. The second kappa shape index (κ2) is 7.06. The Morgan fingerprint density at radius 1 is 1.43 bits per heavy atom. The van der Waals surface area contributed by atoms with Gasteiger partial charge in [0, 0.05) is 26.1 Å². The lowest BCUT2D eigenvalue weighted by Crippen LogP contribution is -2.38. The molecule has 0 aliphatic carbocycles. The standard InChI is InChI=1S/C15H19FN2O3/c16-13-3-1-2-12(8-13)9-17-15(21)18-7-6-11(10-18)4-5-14(19)20/h1-3,8,11H,4-7,9-10H2,(H,17,21)(H,19,20). The van der Waals surface area contributed by atoms with Crippen molar-refractivity contribution in [1.82, 2.24) is 10.2 Å². The number of carboxylic acids is 1. The number of halogens is 1. The van der Waals surface area contributed by atoms with Gasteiger partial charge in [-0.2, -0.15) is 0 Å². The number of rotatable bonds is 5. The number of likely N-dealkylation sites (tertiary alicyclic amines) is 1. The Hall–Kier alpha value is -2.11. The van der Waals surface area contributed by atoms with Gasteiger partial charge in [-0.3, -0.25) is 4.79 Å². The Kier molecular flexibility index (Phi) is 5.14. The highest BCUT2D eigenvalue weighted by molar-refractivity contribution is 5.74. The lowest BCUT2D eigenvalue weighted by Gasteiger charge is -2.17. The van der Waals surface area contributed by atoms with Gasteiger partial charge in [0.25, 0.3) is 0 Å². The zero-order valence-electron chi connectivity index (χ0n) is 11.7. The Bertz CT molecular complexity index is 521. The van der Waals surface area contributed by atoms with Crippen molar-refractivity contribution in [2.75, 3.05) is 13.1 Å². The summed E-state index contributed by atoms with van der Waals surface area (Å²) in [5.74, 6) is -0.873. The van der Waals surface area contributed by atoms with Crippen LogP contribution in [0.25, 0.3) is 0 Å². The number of hydrogen-bond acceptors (Lipinski definition) is 2. The Balaban J connectivity index is 1.75. The lowest BCUT2D eigenvalue weighted by molar-refractivity contribution is -0.137. The fourth-order valence-corrected chi connectivity index (χ4v) is 2.52. The lowest BCUT2D eigenvalue weighted by atomic mass is 10.0. The highest BCUT2D eigenvalue weighted by Gasteiger charge is 2.26. The van der Waals surface area contributed by atoms with Crippen molar-refractivity contribution < 1.29 is 19.1 Å². The van der Waals surface area contributed by atoms with Gasteiger partial charge in [0.15, 0.2) is 0 Å². The number of urea groups is 1. The van der Waals surface area contributed by atoms with Crippen LogP contribution in [0.5, 0.6) is 0 Å². The Labute approximate surface area is 122 Å². The molecule has 0 aromatic heterocycles. The maximum atomic E-state index is 13.0. The molecule has 1 atom stereocenters. The van der Waals surface area contributed by atoms with E-state index < -0.39 is 5.97 Å². The summed E-state index contributed by atoms with van der Waals surface area (Å²) < 4.78 is 13.0. The van der Waals surface area contributed by atoms with E-state index in [1.54, 1.807) is 17.0 Å². The number of carbonyl (C=O) groups is 2. The van der Waals surface area contributed by atoms with Gasteiger partial charge in [-0.1, -0.05) is 12.1 Å². The highest BCUT2D eigenvalue weighted by Crippen LogP contribution is 2.21. The summed E-state index contributed by atoms with van der Waals surface area (Å²) in [5.41, 5.74) is 0.713. The van der Waals surface area contributed by atoms with Crippen LogP contribution in [0.3, 0.4) is 0 Å². The van der Waals surface area contributed by atoms with E-state index in [0.29, 0.717) is 25.1 Å². The third kappa shape index (κ3) is 4.73. The van der Waals surface area contributed by atoms with E-state index in [-0.39, 0.29) is 30.7 Å². The number of nitrogens with one attached hydrogen (secondary N) is 1. The van der Waals surface area contributed by atoms with E-state index in [2.05, 4.69) is 5.32 Å². The third-order valence-electron chi connectivity index (χ3n) is 3.67. The van der Waals surface area contributed by atoms with Crippen LogP contribution < -0.4 is 5.32 Å². The van der Waals surface area contributed by atoms with Gasteiger partial charge < -0.3 is 15.3 Å². The summed E-state index contributed by atoms with van der Waals surface area (Å²) in [6.07, 6.45) is 1.58. The van der Waals surface area contributed by atoms with Crippen molar-refractivity contribution in [2.45, 2.75) is 25.8 Å². The van der Waals surface area contributed by atoms with Crippen LogP contribution in [-0.2, 0) is 11.3 Å². The molecule has 2 amide bonds. The molecule has 1 heterocycles. The van der Waals surface area contributed by atoms with Gasteiger partial charge in [-0.05, 0) is 36.5 Å². The first-order chi connectivity index (χ1) is 10.0. The first kappa shape index (κ1) is 15.3. The van der Waals surface area contributed by atoms with E-state index in [1.165, 1.54) is 12.1 Å². The smallest absolute Gasteiger partial charge is 0.317 e. The molecule has 1 unspecified atom stereocenters. The van der Waals surface area contributed by atoms with Crippen LogP contribution in [0.15, 0.2) is 24.3 Å². The monoisotopic (exact) mass is 294 g/mol. The SMILES string of the molecule is O=C(O)CCC1CCN(C(=O)NCc2cccc(F)c2)C1. The summed E-state index contributed by atoms with van der Waals surface area (Å²) in [6.45, 7) is 1.51. The third-order valence-corrected chi connectivity index (χ3v) is 3.67. The van der Waals surface area contributed by atoms with Crippen LogP contribution in [0.4, 0.5) is 9.18 Å². The molecule has 1 aromatic rings. The minimum absolute atomic E-state index is 0.142. The van der Waals surface area contributed by atoms with Crippen LogP contribution in [0.2, 0.25) is 0 Å². The minimum atomic E-state index is -0.802. The van der Waals surface area contributed by atoms with E-state index >= 15 is 0 Å². The normalized spacial score (nSPS) is 17.8. The van der Waals surface area contributed by atoms with Crippen molar-refractivity contribution in [3.63, 3.8) is 0 Å².